The second kappa shape index (κ2) is 7.80. The molecule has 0 atom stereocenters. The lowest BCUT2D eigenvalue weighted by Gasteiger charge is -2.12. The van der Waals surface area contributed by atoms with Gasteiger partial charge >= 0.3 is 0 Å². The molecule has 1 aliphatic rings. The first-order valence-electron chi connectivity index (χ1n) is 6.74. The van der Waals surface area contributed by atoms with E-state index in [-0.39, 0.29) is 0 Å². The second-order valence-corrected chi connectivity index (χ2v) is 4.34. The smallest absolute Gasteiger partial charge is 0.192 e. The number of rotatable bonds is 3. The zero-order chi connectivity index (χ0) is 14.9. The van der Waals surface area contributed by atoms with Crippen molar-refractivity contribution in [3.05, 3.63) is 97.6 Å². The molecule has 0 saturated heterocycles. The third-order valence-electron chi connectivity index (χ3n) is 2.84. The Hall–Kier alpha value is -2.68. The van der Waals surface area contributed by atoms with E-state index in [1.807, 2.05) is 42.4 Å². The van der Waals surface area contributed by atoms with Crippen LogP contribution in [0.15, 0.2) is 97.6 Å². The maximum atomic E-state index is 5.89. The summed E-state index contributed by atoms with van der Waals surface area (Å²) in [7, 11) is 0.724. The van der Waals surface area contributed by atoms with Gasteiger partial charge in [0.1, 0.15) is 17.3 Å². The highest BCUT2D eigenvalue weighted by atomic mass is 16.5. The minimum absolute atomic E-state index is 0.673. The van der Waals surface area contributed by atoms with E-state index in [0.717, 1.165) is 24.3 Å². The number of ether oxygens (including phenoxy) is 2. The molecule has 1 aromatic carbocycles. The van der Waals surface area contributed by atoms with Crippen LogP contribution in [-0.2, 0) is 4.74 Å². The van der Waals surface area contributed by atoms with Crippen molar-refractivity contribution in [1.29, 1.82) is 0 Å². The molecule has 21 heavy (non-hydrogen) atoms. The molecule has 2 nitrogen and oxygen atoms in total. The summed E-state index contributed by atoms with van der Waals surface area (Å²) in [6.45, 7) is 7.36. The Morgan fingerprint density at radius 3 is 2.76 bits per heavy atom. The predicted octanol–water partition coefficient (Wildman–Crippen LogP) is 3.32. The van der Waals surface area contributed by atoms with Gasteiger partial charge in [0.05, 0.1) is 6.26 Å². The Kier molecular flexibility index (Phi) is 5.47. The molecule has 104 valence electrons. The fraction of sp³-hybridized carbons (Fsp3) is 0. The number of fused-ring (bicyclic) bond motifs is 1. The van der Waals surface area contributed by atoms with Crippen LogP contribution in [0.4, 0.5) is 0 Å². The van der Waals surface area contributed by atoms with Gasteiger partial charge in [-0.1, -0.05) is 55.6 Å². The van der Waals surface area contributed by atoms with Crippen LogP contribution in [-0.4, -0.2) is 7.28 Å². The van der Waals surface area contributed by atoms with Crippen LogP contribution in [0.1, 0.15) is 0 Å². The molecule has 1 aromatic rings. The number of hydrogen-bond donors (Lipinski definition) is 0. The molecule has 3 heteroatoms. The molecule has 0 N–H and O–H groups in total. The Bertz CT molecular complexity index is 636. The minimum atomic E-state index is 0.673. The van der Waals surface area contributed by atoms with E-state index in [0.29, 0.717) is 5.76 Å². The first-order chi connectivity index (χ1) is 10.3. The van der Waals surface area contributed by atoms with Gasteiger partial charge < -0.3 is 9.47 Å². The van der Waals surface area contributed by atoms with Crippen molar-refractivity contribution in [2.24, 2.45) is 0 Å². The normalized spacial score (nSPS) is 20.2. The third kappa shape index (κ3) is 4.42. The Morgan fingerprint density at radius 2 is 1.95 bits per heavy atom. The van der Waals surface area contributed by atoms with Crippen molar-refractivity contribution >= 4 is 12.7 Å². The van der Waals surface area contributed by atoms with Crippen molar-refractivity contribution in [2.75, 3.05) is 0 Å². The molecule has 0 aromatic heterocycles. The van der Waals surface area contributed by atoms with E-state index in [1.54, 1.807) is 30.6 Å². The van der Waals surface area contributed by atoms with Crippen LogP contribution in [0.2, 0.25) is 0 Å². The van der Waals surface area contributed by atoms with Gasteiger partial charge in [-0.15, -0.1) is 0 Å². The molecular formula is C18H17BO2. The monoisotopic (exact) mass is 276 g/mol. The summed E-state index contributed by atoms with van der Waals surface area (Å²) in [6, 6.07) is 7.94. The van der Waals surface area contributed by atoms with Crippen molar-refractivity contribution in [2.45, 2.75) is 0 Å². The molecule has 0 radical (unpaired) electrons. The summed E-state index contributed by atoms with van der Waals surface area (Å²) in [5.74, 6) is 4.28. The molecule has 1 aliphatic heterocycles. The van der Waals surface area contributed by atoms with Crippen LogP contribution in [0, 0.1) is 0 Å². The quantitative estimate of drug-likeness (QED) is 0.622. The summed E-state index contributed by atoms with van der Waals surface area (Å²) in [5, 5.41) is 0. The van der Waals surface area contributed by atoms with Crippen LogP contribution in [0.3, 0.4) is 0 Å². The average molecular weight is 276 g/mol. The van der Waals surface area contributed by atoms with E-state index in [1.165, 1.54) is 0 Å². The Morgan fingerprint density at radius 1 is 1.10 bits per heavy atom. The van der Waals surface area contributed by atoms with Gasteiger partial charge in [0, 0.05) is 6.08 Å². The van der Waals surface area contributed by atoms with Gasteiger partial charge in [0.25, 0.3) is 0 Å². The van der Waals surface area contributed by atoms with Crippen LogP contribution < -0.4 is 10.2 Å². The van der Waals surface area contributed by atoms with E-state index < -0.39 is 0 Å². The van der Waals surface area contributed by atoms with Crippen molar-refractivity contribution in [1.82, 2.24) is 0 Å². The molecule has 0 saturated carbocycles. The fourth-order valence-corrected chi connectivity index (χ4v) is 1.85. The van der Waals surface area contributed by atoms with E-state index in [9.17, 15) is 0 Å². The maximum Gasteiger partial charge on any atom is 0.192 e. The van der Waals surface area contributed by atoms with Crippen molar-refractivity contribution in [3.63, 3.8) is 0 Å². The largest absolute Gasteiger partial charge is 0.466 e. The number of para-hydroxylation sites is 1. The van der Waals surface area contributed by atoms with Gasteiger partial charge in [0.2, 0.25) is 0 Å². The summed E-state index contributed by atoms with van der Waals surface area (Å²) in [4.78, 5) is 0. The zero-order valence-corrected chi connectivity index (χ0v) is 11.9. The summed E-state index contributed by atoms with van der Waals surface area (Å²) < 4.78 is 11.5. The number of hydrogen-bond acceptors (Lipinski definition) is 2. The molecular weight excluding hydrogens is 259 g/mol. The van der Waals surface area contributed by atoms with Crippen molar-refractivity contribution in [3.8, 4) is 5.75 Å². The van der Waals surface area contributed by atoms with E-state index >= 15 is 0 Å². The van der Waals surface area contributed by atoms with Crippen LogP contribution in [0.25, 0.3) is 0 Å². The third-order valence-corrected chi connectivity index (χ3v) is 2.84. The Balaban J connectivity index is 2.39. The number of allylic oxidation sites excluding steroid dienone is 6. The topological polar surface area (TPSA) is 18.5 Å². The highest BCUT2D eigenvalue weighted by Gasteiger charge is 2.07. The highest BCUT2D eigenvalue weighted by molar-refractivity contribution is 6.59. The standard InChI is InChI=1S/C18H17BO2/c1-3-5-9-16-14-19-17-10-6-7-11-18(17)21-15(8-4-2)12-13-20-16/h3-14,19H,1-2H2/b9-5-,13-12+,15-8+,16-14-. The first kappa shape index (κ1) is 14.7. The molecule has 1 heterocycles. The lowest BCUT2D eigenvalue weighted by molar-refractivity contribution is 0.363. The zero-order valence-electron chi connectivity index (χ0n) is 11.9. The van der Waals surface area contributed by atoms with Crippen molar-refractivity contribution < 1.29 is 9.47 Å². The van der Waals surface area contributed by atoms with Gasteiger partial charge in [-0.2, -0.15) is 0 Å². The van der Waals surface area contributed by atoms with Gasteiger partial charge in [0.15, 0.2) is 7.28 Å². The molecule has 0 bridgehead atoms. The van der Waals surface area contributed by atoms with Gasteiger partial charge in [-0.05, 0) is 23.7 Å². The van der Waals surface area contributed by atoms with Crippen LogP contribution >= 0.6 is 0 Å². The highest BCUT2D eigenvalue weighted by Crippen LogP contribution is 2.14. The second-order valence-electron chi connectivity index (χ2n) is 4.34. The SMILES string of the molecule is C=C/C=C\C1=C\Bc2ccccc2OC(=C/C=C)/C=C/O1. The van der Waals surface area contributed by atoms with Gasteiger partial charge in [-0.3, -0.25) is 0 Å². The van der Waals surface area contributed by atoms with E-state index in [2.05, 4.69) is 13.2 Å². The average Bonchev–Trinajstić information content (AvgIpc) is 2.51. The molecule has 0 spiro atoms. The molecule has 2 rings (SSSR count). The van der Waals surface area contributed by atoms with E-state index in [4.69, 9.17) is 9.47 Å². The maximum absolute atomic E-state index is 5.89. The molecule has 0 unspecified atom stereocenters. The van der Waals surface area contributed by atoms with Crippen LogP contribution in [0.5, 0.6) is 5.75 Å². The summed E-state index contributed by atoms with van der Waals surface area (Å²) >= 11 is 0. The molecule has 0 aliphatic carbocycles. The summed E-state index contributed by atoms with van der Waals surface area (Å²) in [5.41, 5.74) is 1.09. The predicted molar refractivity (Wildman–Crippen MR) is 89.8 cm³/mol. The van der Waals surface area contributed by atoms with Gasteiger partial charge in [-0.25, -0.2) is 0 Å². The lowest BCUT2D eigenvalue weighted by Crippen LogP contribution is -2.16. The lowest BCUT2D eigenvalue weighted by atomic mass is 9.69. The molecule has 0 fully saturated rings. The minimum Gasteiger partial charge on any atom is -0.466 e. The molecule has 0 amide bonds. The Labute approximate surface area is 126 Å². The summed E-state index contributed by atoms with van der Waals surface area (Å²) in [6.07, 6.45) is 12.3. The first-order valence-corrected chi connectivity index (χ1v) is 6.74. The number of benzene rings is 1. The fourth-order valence-electron chi connectivity index (χ4n) is 1.85.